The molecular weight excluding hydrogens is 897 g/mol. The van der Waals surface area contributed by atoms with Crippen LogP contribution in [0.15, 0.2) is 145 Å². The molecule has 0 saturated heterocycles. The number of aryl methyl sites for hydroxylation is 2. The lowest BCUT2D eigenvalue weighted by Crippen LogP contribution is -2.66. The number of rotatable bonds is 14. The number of ether oxygens (including phenoxy) is 4. The number of hydrogen-bond donors (Lipinski definition) is 3. The van der Waals surface area contributed by atoms with Crippen LogP contribution in [0.2, 0.25) is 5.04 Å². The Morgan fingerprint density at radius 3 is 1.48 bits per heavy atom. The first kappa shape index (κ1) is 46.5. The molecule has 6 aromatic rings. The van der Waals surface area contributed by atoms with E-state index < -0.39 is 31.9 Å². The summed E-state index contributed by atoms with van der Waals surface area (Å²) >= 11 is 0. The second-order valence-electron chi connectivity index (χ2n) is 17.6. The molecule has 17 heteroatoms. The van der Waals surface area contributed by atoms with E-state index in [4.69, 9.17) is 28.5 Å². The van der Waals surface area contributed by atoms with Crippen molar-refractivity contribution in [2.75, 3.05) is 39.6 Å². The van der Waals surface area contributed by atoms with Gasteiger partial charge < -0.3 is 37.6 Å². The summed E-state index contributed by atoms with van der Waals surface area (Å²) in [5.74, 6) is -1.46. The molecule has 4 aliphatic rings. The molecular formula is C52H52N6O10Si. The van der Waals surface area contributed by atoms with E-state index in [2.05, 4.69) is 89.9 Å². The van der Waals surface area contributed by atoms with Crippen LogP contribution in [0.25, 0.3) is 33.2 Å². The third-order valence-corrected chi connectivity index (χ3v) is 17.3. The first-order valence-corrected chi connectivity index (χ1v) is 24.8. The third-order valence-electron chi connectivity index (χ3n) is 12.3. The maximum atomic E-state index is 13.1. The van der Waals surface area contributed by atoms with E-state index >= 15 is 0 Å². The average Bonchev–Trinajstić information content (AvgIpc) is 4.10. The molecule has 69 heavy (non-hydrogen) atoms. The molecule has 0 spiro atoms. The smallest absolute Gasteiger partial charge is 0.262 e. The topological polar surface area (TPSA) is 194 Å². The number of carbonyl (C=O) groups excluding carboxylic acids is 4. The molecule has 8 heterocycles. The summed E-state index contributed by atoms with van der Waals surface area (Å²) in [6.45, 7) is 9.96. The lowest BCUT2D eigenvalue weighted by Gasteiger charge is -2.43. The molecule has 0 aliphatic carbocycles. The highest BCUT2D eigenvalue weighted by atomic mass is 28.4. The van der Waals surface area contributed by atoms with Gasteiger partial charge in [0.25, 0.3) is 31.9 Å². The van der Waals surface area contributed by atoms with Crippen molar-refractivity contribution in [2.24, 2.45) is 0 Å². The Labute approximate surface area is 399 Å². The van der Waals surface area contributed by atoms with Crippen molar-refractivity contribution in [1.29, 1.82) is 0 Å². The zero-order valence-corrected chi connectivity index (χ0v) is 39.5. The fraction of sp³-hybridized carbons (Fsp3) is 0.269. The highest BCUT2D eigenvalue weighted by Gasteiger charge is 2.50. The van der Waals surface area contributed by atoms with Crippen molar-refractivity contribution in [3.63, 3.8) is 0 Å². The number of amides is 4. The number of benzene rings is 2. The third kappa shape index (κ3) is 8.99. The summed E-state index contributed by atoms with van der Waals surface area (Å²) in [7, 11) is -2.66. The van der Waals surface area contributed by atoms with Gasteiger partial charge in [-0.25, -0.2) is 9.97 Å². The summed E-state index contributed by atoms with van der Waals surface area (Å²) in [5, 5.41) is 17.8. The molecule has 0 unspecified atom stereocenters. The van der Waals surface area contributed by atoms with E-state index in [0.29, 0.717) is 69.3 Å². The van der Waals surface area contributed by atoms with Crippen molar-refractivity contribution in [3.8, 4) is 0 Å². The highest BCUT2D eigenvalue weighted by molar-refractivity contribution is 6.99. The van der Waals surface area contributed by atoms with Crippen LogP contribution in [0, 0.1) is 0 Å². The molecule has 3 N–H and O–H groups in total. The molecule has 4 amide bonds. The van der Waals surface area contributed by atoms with Crippen LogP contribution in [0.3, 0.4) is 0 Å². The van der Waals surface area contributed by atoms with Crippen LogP contribution >= 0.6 is 0 Å². The zero-order valence-electron chi connectivity index (χ0n) is 38.5. The summed E-state index contributed by atoms with van der Waals surface area (Å²) in [5.41, 5.74) is 3.50. The van der Waals surface area contributed by atoms with Crippen LogP contribution in [-0.4, -0.2) is 95.8 Å². The quantitative estimate of drug-likeness (QED) is 0.0752. The van der Waals surface area contributed by atoms with Crippen LogP contribution in [0.4, 0.5) is 0 Å². The predicted octanol–water partition coefficient (Wildman–Crippen LogP) is 5.02. The van der Waals surface area contributed by atoms with Gasteiger partial charge in [-0.1, -0.05) is 81.4 Å². The van der Waals surface area contributed by atoms with Crippen molar-refractivity contribution >= 4 is 75.5 Å². The molecule has 0 fully saturated rings. The first-order valence-electron chi connectivity index (χ1n) is 22.9. The number of nitrogens with zero attached hydrogens (tertiary/aromatic N) is 4. The van der Waals surface area contributed by atoms with Crippen molar-refractivity contribution in [3.05, 3.63) is 156 Å². The minimum absolute atomic E-state index is 0.0484. The van der Waals surface area contributed by atoms with Crippen molar-refractivity contribution < 1.29 is 47.7 Å². The van der Waals surface area contributed by atoms with Gasteiger partial charge in [0.05, 0.1) is 22.3 Å². The first-order chi connectivity index (χ1) is 33.5. The minimum atomic E-state index is -2.66. The maximum Gasteiger partial charge on any atom is 0.262 e. The number of pyridine rings is 2. The number of nitrogens with one attached hydrogen (secondary N) is 2. The van der Waals surface area contributed by atoms with Crippen LogP contribution in [0.1, 0.15) is 44.7 Å². The average molecular weight is 949 g/mol. The molecule has 354 valence electrons. The van der Waals surface area contributed by atoms with Crippen molar-refractivity contribution in [2.45, 2.75) is 51.7 Å². The molecule has 0 atom stereocenters. The summed E-state index contributed by atoms with van der Waals surface area (Å²) in [6.07, 6.45) is 11.1. The van der Waals surface area contributed by atoms with Gasteiger partial charge in [0.2, 0.25) is 0 Å². The van der Waals surface area contributed by atoms with Crippen molar-refractivity contribution in [1.82, 2.24) is 29.7 Å². The summed E-state index contributed by atoms with van der Waals surface area (Å²) in [4.78, 5) is 59.8. The normalized spacial score (nSPS) is 16.3. The van der Waals surface area contributed by atoms with E-state index in [9.17, 15) is 19.2 Å². The van der Waals surface area contributed by atoms with Gasteiger partial charge in [-0.15, -0.1) is 0 Å². The number of aromatic nitrogens is 4. The molecule has 0 radical (unpaired) electrons. The van der Waals surface area contributed by atoms with E-state index in [1.165, 1.54) is 22.9 Å². The van der Waals surface area contributed by atoms with Crippen LogP contribution in [-0.2, 0) is 55.6 Å². The number of fused-ring (bicyclic) bond motifs is 2. The van der Waals surface area contributed by atoms with Gasteiger partial charge in [-0.2, -0.15) is 0 Å². The second kappa shape index (κ2) is 19.9. The summed E-state index contributed by atoms with van der Waals surface area (Å²) < 4.78 is 32.9. The lowest BCUT2D eigenvalue weighted by molar-refractivity contribution is -0.125. The van der Waals surface area contributed by atoms with Gasteiger partial charge >= 0.3 is 0 Å². The molecule has 16 nitrogen and oxygen atoms in total. The molecule has 0 bridgehead atoms. The maximum absolute atomic E-state index is 13.1. The minimum Gasteiger partial charge on any atom is -0.494 e. The molecule has 0 saturated carbocycles. The SMILES string of the molecule is CC(C)(C)[Si](OCCCn1cc(C2=C(C3=COCCO3)C(=O)NC2=O)c2cccnc21)(c1ccccc1)c1ccccc1.O=C1NC(=O)C(c2cn(CCCO)c3ncccc23)=C1C1=COCCO1. The number of hydrogen-bond acceptors (Lipinski definition) is 12. The van der Waals surface area contributed by atoms with Gasteiger partial charge in [0, 0.05) is 73.0 Å². The van der Waals surface area contributed by atoms with E-state index in [-0.39, 0.29) is 45.5 Å². The largest absolute Gasteiger partial charge is 0.494 e. The number of aliphatic hydroxyl groups is 1. The fourth-order valence-electron chi connectivity index (χ4n) is 9.34. The number of aliphatic hydroxyl groups excluding tert-OH is 1. The van der Waals surface area contributed by atoms with Gasteiger partial charge in [0.15, 0.2) is 11.5 Å². The number of imide groups is 2. The Hall–Kier alpha value is -7.60. The summed E-state index contributed by atoms with van der Waals surface area (Å²) in [6, 6.07) is 28.6. The predicted molar refractivity (Wildman–Crippen MR) is 259 cm³/mol. The number of carbonyl (C=O) groups is 4. The fourth-order valence-corrected chi connectivity index (χ4v) is 13.9. The van der Waals surface area contributed by atoms with Crippen LogP contribution < -0.4 is 21.0 Å². The van der Waals surface area contributed by atoms with Crippen LogP contribution in [0.5, 0.6) is 0 Å². The second-order valence-corrected chi connectivity index (χ2v) is 21.9. The van der Waals surface area contributed by atoms with E-state index in [1.54, 1.807) is 24.7 Å². The van der Waals surface area contributed by atoms with E-state index in [0.717, 1.165) is 22.8 Å². The Balaban J connectivity index is 0.000000194. The Morgan fingerprint density at radius 2 is 1.06 bits per heavy atom. The molecule has 10 rings (SSSR count). The highest BCUT2D eigenvalue weighted by Crippen LogP contribution is 2.39. The zero-order chi connectivity index (χ0) is 48.1. The van der Waals surface area contributed by atoms with Gasteiger partial charge in [0.1, 0.15) is 50.2 Å². The Morgan fingerprint density at radius 1 is 0.609 bits per heavy atom. The monoisotopic (exact) mass is 948 g/mol. The Kier molecular flexibility index (Phi) is 13.4. The lowest BCUT2D eigenvalue weighted by atomic mass is 10.0. The van der Waals surface area contributed by atoms with Gasteiger partial charge in [-0.3, -0.25) is 29.8 Å². The Bertz CT molecular complexity index is 3040. The standard InChI is InChI=1S/C34H35N3O5Si.C18H17N3O5/c1-34(2,3)43(24-12-6-4-7-13-24,25-14-8-5-9-15-25)42-19-11-18-37-22-27(26-16-10-17-35-31(26)37)29-30(33(39)36-32(29)38)28-23-40-20-21-41-28;22-6-2-5-21-9-12(11-3-1-4-19-16(11)21)14-15(18(24)20-17(14)23)13-10-25-7-8-26-13/h4-10,12-17,22-23H,11,18-21H2,1-3H3,(H,36,38,39);1,3-4,9-10,22H,2,5-8H2,(H,20,23,24). The molecule has 4 aliphatic heterocycles. The molecule has 2 aromatic carbocycles. The van der Waals surface area contributed by atoms with Gasteiger partial charge in [-0.05, 0) is 52.5 Å². The van der Waals surface area contributed by atoms with E-state index in [1.807, 2.05) is 45.7 Å². The molecule has 4 aromatic heterocycles.